The van der Waals surface area contributed by atoms with Gasteiger partial charge < -0.3 is 19.7 Å². The molecule has 1 spiro atoms. The first-order valence-corrected chi connectivity index (χ1v) is 8.04. The largest absolute Gasteiger partial charge is 0.480 e. The summed E-state index contributed by atoms with van der Waals surface area (Å²) in [6.45, 7) is 12.0. The lowest BCUT2D eigenvalue weighted by Crippen LogP contribution is -2.69. The van der Waals surface area contributed by atoms with Crippen molar-refractivity contribution in [3.8, 4) is 0 Å². The van der Waals surface area contributed by atoms with Gasteiger partial charge in [-0.15, -0.1) is 6.58 Å². The average Bonchev–Trinajstić information content (AvgIpc) is 2.42. The molecule has 0 atom stereocenters. The van der Waals surface area contributed by atoms with E-state index in [1.165, 1.54) is 0 Å². The van der Waals surface area contributed by atoms with Gasteiger partial charge in [0.1, 0.15) is 0 Å². The lowest BCUT2D eigenvalue weighted by molar-refractivity contribution is -0.335. The number of carbonyl (C=O) groups is 2. The van der Waals surface area contributed by atoms with Gasteiger partial charge in [0.15, 0.2) is 5.79 Å². The van der Waals surface area contributed by atoms with Crippen LogP contribution in [0.5, 0.6) is 0 Å². The summed E-state index contributed by atoms with van der Waals surface area (Å²) < 4.78 is 11.6. The Hall–Kier alpha value is -1.44. The van der Waals surface area contributed by atoms with Crippen molar-refractivity contribution in [3.05, 3.63) is 12.7 Å². The van der Waals surface area contributed by atoms with Crippen LogP contribution in [0.2, 0.25) is 0 Å². The lowest BCUT2D eigenvalue weighted by Gasteiger charge is -2.60. The van der Waals surface area contributed by atoms with Crippen LogP contribution in [0.25, 0.3) is 0 Å². The molecule has 136 valence electrons. The third-order valence-electron chi connectivity index (χ3n) is 5.16. The van der Waals surface area contributed by atoms with E-state index in [9.17, 15) is 19.8 Å². The molecule has 0 aromatic rings. The minimum atomic E-state index is -2.04. The third kappa shape index (κ3) is 2.96. The van der Waals surface area contributed by atoms with Crippen LogP contribution in [-0.2, 0) is 19.1 Å². The van der Waals surface area contributed by atoms with Crippen molar-refractivity contribution in [2.24, 2.45) is 5.41 Å². The summed E-state index contributed by atoms with van der Waals surface area (Å²) in [4.78, 5) is 25.1. The van der Waals surface area contributed by atoms with E-state index in [0.29, 0.717) is 19.4 Å². The number of piperidine rings is 1. The molecule has 7 heteroatoms. The van der Waals surface area contributed by atoms with Gasteiger partial charge in [-0.05, 0) is 27.7 Å². The second-order valence-corrected chi connectivity index (χ2v) is 8.06. The summed E-state index contributed by atoms with van der Waals surface area (Å²) in [7, 11) is 0. The summed E-state index contributed by atoms with van der Waals surface area (Å²) in [6, 6.07) is 0. The van der Waals surface area contributed by atoms with Gasteiger partial charge >= 0.3 is 11.9 Å². The first kappa shape index (κ1) is 18.9. The van der Waals surface area contributed by atoms with Crippen LogP contribution in [0.3, 0.4) is 0 Å². The molecule has 2 N–H and O–H groups in total. The summed E-state index contributed by atoms with van der Waals surface area (Å²) >= 11 is 0. The summed E-state index contributed by atoms with van der Waals surface area (Å²) in [5.74, 6) is -3.85. The molecule has 0 aliphatic carbocycles. The highest BCUT2D eigenvalue weighted by atomic mass is 16.7. The van der Waals surface area contributed by atoms with Crippen LogP contribution in [0.4, 0.5) is 0 Å². The molecule has 2 fully saturated rings. The van der Waals surface area contributed by atoms with Crippen LogP contribution in [0.15, 0.2) is 12.7 Å². The molecule has 0 amide bonds. The van der Waals surface area contributed by atoms with Gasteiger partial charge in [-0.25, -0.2) is 0 Å². The van der Waals surface area contributed by atoms with E-state index in [-0.39, 0.29) is 11.1 Å². The molecular formula is C17H27NO6. The minimum absolute atomic E-state index is 0.275. The van der Waals surface area contributed by atoms with Crippen LogP contribution < -0.4 is 0 Å². The predicted octanol–water partition coefficient (Wildman–Crippen LogP) is 1.72. The Balaban J connectivity index is 2.27. The Morgan fingerprint density at radius 3 is 1.79 bits per heavy atom. The molecule has 0 aromatic carbocycles. The molecule has 24 heavy (non-hydrogen) atoms. The predicted molar refractivity (Wildman–Crippen MR) is 86.6 cm³/mol. The fourth-order valence-corrected chi connectivity index (χ4v) is 4.15. The molecule has 0 saturated carbocycles. The zero-order valence-electron chi connectivity index (χ0n) is 14.8. The van der Waals surface area contributed by atoms with Crippen molar-refractivity contribution in [1.82, 2.24) is 4.90 Å². The van der Waals surface area contributed by atoms with Crippen LogP contribution in [0.1, 0.15) is 40.5 Å². The van der Waals surface area contributed by atoms with Crippen molar-refractivity contribution in [2.45, 2.75) is 57.4 Å². The standard InChI is InChI=1S/C17H27NO6/c1-6-7-18-14(2,3)8-17(9-15(18,4)5)23-10-16(11-24-17,12(19)20)13(21)22/h6H,1,7-11H2,2-5H3,(H,19,20)(H,21,22). The maximum absolute atomic E-state index is 11.4. The van der Waals surface area contributed by atoms with E-state index < -0.39 is 36.4 Å². The van der Waals surface area contributed by atoms with Gasteiger partial charge in [0.05, 0.1) is 13.2 Å². The van der Waals surface area contributed by atoms with Crippen molar-refractivity contribution >= 4 is 11.9 Å². The first-order chi connectivity index (χ1) is 10.9. The molecule has 2 aliphatic rings. The minimum Gasteiger partial charge on any atom is -0.480 e. The van der Waals surface area contributed by atoms with E-state index in [2.05, 4.69) is 39.2 Å². The van der Waals surface area contributed by atoms with Crippen molar-refractivity contribution in [1.29, 1.82) is 0 Å². The van der Waals surface area contributed by atoms with Gasteiger partial charge in [0.25, 0.3) is 0 Å². The van der Waals surface area contributed by atoms with Crippen molar-refractivity contribution in [2.75, 3.05) is 19.8 Å². The van der Waals surface area contributed by atoms with E-state index in [0.717, 1.165) is 0 Å². The number of nitrogens with zero attached hydrogens (tertiary/aromatic N) is 1. The van der Waals surface area contributed by atoms with E-state index >= 15 is 0 Å². The Morgan fingerprint density at radius 1 is 1.04 bits per heavy atom. The normalized spacial score (nSPS) is 27.5. The summed E-state index contributed by atoms with van der Waals surface area (Å²) in [5, 5.41) is 18.6. The Morgan fingerprint density at radius 2 is 1.46 bits per heavy atom. The van der Waals surface area contributed by atoms with Crippen LogP contribution >= 0.6 is 0 Å². The van der Waals surface area contributed by atoms with Gasteiger partial charge in [0, 0.05) is 30.5 Å². The maximum Gasteiger partial charge on any atom is 0.325 e. The zero-order valence-corrected chi connectivity index (χ0v) is 14.8. The molecule has 2 saturated heterocycles. The van der Waals surface area contributed by atoms with Gasteiger partial charge in [0.2, 0.25) is 5.41 Å². The Kier molecular flexibility index (Phi) is 4.58. The molecule has 0 radical (unpaired) electrons. The third-order valence-corrected chi connectivity index (χ3v) is 5.16. The number of ether oxygens (including phenoxy) is 2. The van der Waals surface area contributed by atoms with Crippen molar-refractivity contribution in [3.63, 3.8) is 0 Å². The quantitative estimate of drug-likeness (QED) is 0.594. The maximum atomic E-state index is 11.4. The fourth-order valence-electron chi connectivity index (χ4n) is 4.15. The number of carboxylic acids is 2. The molecule has 2 rings (SSSR count). The molecule has 0 bridgehead atoms. The highest BCUT2D eigenvalue weighted by molar-refractivity contribution is 5.98. The summed E-state index contributed by atoms with van der Waals surface area (Å²) in [5.41, 5.74) is -2.59. The Labute approximate surface area is 142 Å². The van der Waals surface area contributed by atoms with Gasteiger partial charge in [-0.3, -0.25) is 14.5 Å². The molecular weight excluding hydrogens is 314 g/mol. The molecule has 0 unspecified atom stereocenters. The van der Waals surface area contributed by atoms with E-state index in [1.807, 2.05) is 6.08 Å². The topological polar surface area (TPSA) is 96.3 Å². The van der Waals surface area contributed by atoms with E-state index in [4.69, 9.17) is 9.47 Å². The summed E-state index contributed by atoms with van der Waals surface area (Å²) in [6.07, 6.45) is 2.89. The highest BCUT2D eigenvalue weighted by Gasteiger charge is 2.60. The van der Waals surface area contributed by atoms with E-state index in [1.54, 1.807) is 0 Å². The Bertz CT molecular complexity index is 509. The molecule has 0 aromatic heterocycles. The smallest absolute Gasteiger partial charge is 0.325 e. The first-order valence-electron chi connectivity index (χ1n) is 8.04. The van der Waals surface area contributed by atoms with Crippen LogP contribution in [0, 0.1) is 5.41 Å². The SMILES string of the molecule is C=CCN1C(C)(C)CC2(CC1(C)C)OCC(C(=O)O)(C(=O)O)CO2. The van der Waals surface area contributed by atoms with Gasteiger partial charge in [-0.2, -0.15) is 0 Å². The number of likely N-dealkylation sites (tertiary alicyclic amines) is 1. The molecule has 7 nitrogen and oxygen atoms in total. The highest BCUT2D eigenvalue weighted by Crippen LogP contribution is 2.48. The lowest BCUT2D eigenvalue weighted by atomic mass is 9.75. The van der Waals surface area contributed by atoms with Crippen molar-refractivity contribution < 1.29 is 29.3 Å². The second-order valence-electron chi connectivity index (χ2n) is 8.06. The number of aliphatic carboxylic acids is 2. The number of carboxylic acid groups (broad SMARTS) is 2. The monoisotopic (exact) mass is 341 g/mol. The van der Waals surface area contributed by atoms with Crippen LogP contribution in [-0.4, -0.2) is 63.7 Å². The van der Waals surface area contributed by atoms with Gasteiger partial charge in [-0.1, -0.05) is 6.08 Å². The molecule has 2 aliphatic heterocycles. The molecule has 2 heterocycles. The number of rotatable bonds is 4. The average molecular weight is 341 g/mol. The number of hydrogen-bond donors (Lipinski definition) is 2. The number of hydrogen-bond acceptors (Lipinski definition) is 5. The second kappa shape index (κ2) is 5.82. The zero-order chi connectivity index (χ0) is 18.4. The fraction of sp³-hybridized carbons (Fsp3) is 0.765.